The van der Waals surface area contributed by atoms with Crippen LogP contribution < -0.4 is 0 Å². The lowest BCUT2D eigenvalue weighted by Crippen LogP contribution is -2.00. The zero-order valence-electron chi connectivity index (χ0n) is 13.6. The highest BCUT2D eigenvalue weighted by molar-refractivity contribution is 4.52. The second-order valence-corrected chi connectivity index (χ2v) is 1.69. The molecule has 0 aliphatic rings. The molecule has 0 aromatic rings. The number of hydrogen-bond acceptors (Lipinski definition) is 0. The van der Waals surface area contributed by atoms with E-state index in [1.165, 1.54) is 13.8 Å². The minimum absolute atomic E-state index is 0.949. The van der Waals surface area contributed by atoms with E-state index in [4.69, 9.17) is 12.3 Å². The molecule has 0 heterocycles. The maximum atomic E-state index is 7.79. The summed E-state index contributed by atoms with van der Waals surface area (Å²) in [5.41, 5.74) is 0. The third-order valence-electron chi connectivity index (χ3n) is 0.712. The van der Waals surface area contributed by atoms with Crippen molar-refractivity contribution in [3.63, 3.8) is 0 Å². The van der Waals surface area contributed by atoms with Crippen LogP contribution in [0.4, 0.5) is 0 Å². The van der Waals surface area contributed by atoms with E-state index in [2.05, 4.69) is 0 Å². The fraction of sp³-hybridized carbons (Fsp3) is 1.00. The van der Waals surface area contributed by atoms with Gasteiger partial charge in [0.1, 0.15) is 0 Å². The van der Waals surface area contributed by atoms with Gasteiger partial charge in [0.2, 0.25) is 0 Å². The van der Waals surface area contributed by atoms with Crippen LogP contribution in [-0.4, -0.2) is 0 Å². The third-order valence-corrected chi connectivity index (χ3v) is 0.712. The average molecular weight is 109 g/mol. The van der Waals surface area contributed by atoms with Gasteiger partial charge in [0.15, 0.2) is 0 Å². The van der Waals surface area contributed by atoms with E-state index in [0.29, 0.717) is 0 Å². The van der Waals surface area contributed by atoms with E-state index in [-0.39, 0.29) is 0 Å². The van der Waals surface area contributed by atoms with Crippen LogP contribution in [0.1, 0.15) is 46.3 Å². The van der Waals surface area contributed by atoms with Gasteiger partial charge in [-0.25, -0.2) is 0 Å². The Kier molecular flexibility index (Phi) is 0.490. The Morgan fingerprint density at radius 2 is 2.57 bits per heavy atom. The Morgan fingerprint density at radius 3 is 2.71 bits per heavy atom. The predicted octanol–water partition coefficient (Wildman–Crippen LogP) is 2.69. The van der Waals surface area contributed by atoms with Crippen molar-refractivity contribution in [1.82, 2.24) is 0 Å². The van der Waals surface area contributed by atoms with Gasteiger partial charge in [-0.2, -0.15) is 0 Å². The summed E-state index contributed by atoms with van der Waals surface area (Å²) in [6.45, 7) is -3.47. The molecule has 0 heteroatoms. The highest BCUT2D eigenvalue weighted by Gasteiger charge is 2.01. The average Bonchev–Trinajstić information content (AvgIpc) is 1.97. The fourth-order valence-corrected chi connectivity index (χ4v) is 0.144. The lowest BCUT2D eigenvalue weighted by atomic mass is 9.96. The second kappa shape index (κ2) is 3.06. The van der Waals surface area contributed by atoms with Gasteiger partial charge in [-0.15, -0.1) is 0 Å². The van der Waals surface area contributed by atoms with E-state index < -0.39 is 31.9 Å². The molecule has 0 unspecified atom stereocenters. The van der Waals surface area contributed by atoms with Crippen molar-refractivity contribution in [3.8, 4) is 0 Å². The van der Waals surface area contributed by atoms with Crippen molar-refractivity contribution < 1.29 is 12.3 Å². The van der Waals surface area contributed by atoms with Crippen LogP contribution in [0.5, 0.6) is 0 Å². The Balaban J connectivity index is 5.75. The van der Waals surface area contributed by atoms with Crippen LogP contribution >= 0.6 is 0 Å². The van der Waals surface area contributed by atoms with Crippen molar-refractivity contribution in [2.75, 3.05) is 0 Å². The number of rotatable bonds is 2. The summed E-state index contributed by atoms with van der Waals surface area (Å²) < 4.78 is 65.5. The first kappa shape index (κ1) is 1.12. The summed E-state index contributed by atoms with van der Waals surface area (Å²) in [6.07, 6.45) is -3.10. The highest BCUT2D eigenvalue weighted by atomic mass is 14.1. The standard InChI is InChI=1S/C7H16/c1-5-7(4)6(2)3/h6-7H,5H2,1-4H3/t7-/m0/s1/i1D3,4D3,5D2,7D. The lowest BCUT2D eigenvalue weighted by molar-refractivity contribution is 0.407. The summed E-state index contributed by atoms with van der Waals surface area (Å²) in [6, 6.07) is 0. The van der Waals surface area contributed by atoms with Crippen LogP contribution in [0.25, 0.3) is 0 Å². The fourth-order valence-electron chi connectivity index (χ4n) is 0.144. The summed E-state index contributed by atoms with van der Waals surface area (Å²) in [4.78, 5) is 0. The maximum absolute atomic E-state index is 7.79. The normalized spacial score (nSPS) is 44.1. The number of hydrogen-bond donors (Lipinski definition) is 0. The van der Waals surface area contributed by atoms with E-state index >= 15 is 0 Å². The Labute approximate surface area is 59.6 Å². The van der Waals surface area contributed by atoms with Gasteiger partial charge in [0, 0.05) is 12.3 Å². The van der Waals surface area contributed by atoms with Crippen molar-refractivity contribution >= 4 is 0 Å². The van der Waals surface area contributed by atoms with Gasteiger partial charge in [-0.1, -0.05) is 33.9 Å². The smallest absolute Gasteiger partial charge is 0.0302 e. The van der Waals surface area contributed by atoms with Gasteiger partial charge in [0.25, 0.3) is 0 Å². The molecular formula is C7H16. The monoisotopic (exact) mass is 109 g/mol. The molecule has 0 spiro atoms. The Morgan fingerprint density at radius 1 is 1.86 bits per heavy atom. The van der Waals surface area contributed by atoms with E-state index in [0.717, 1.165) is 0 Å². The topological polar surface area (TPSA) is 0 Å². The van der Waals surface area contributed by atoms with Crippen LogP contribution in [-0.2, 0) is 0 Å². The maximum Gasteiger partial charge on any atom is 0.0302 e. The molecule has 1 atom stereocenters. The highest BCUT2D eigenvalue weighted by Crippen LogP contribution is 2.11. The summed E-state index contributed by atoms with van der Waals surface area (Å²) in [7, 11) is 0. The van der Waals surface area contributed by atoms with E-state index in [9.17, 15) is 0 Å². The molecule has 0 saturated heterocycles. The zero-order valence-corrected chi connectivity index (χ0v) is 4.58. The molecular weight excluding hydrogens is 84.1 g/mol. The predicted molar refractivity (Wildman–Crippen MR) is 34.3 cm³/mol. The van der Waals surface area contributed by atoms with Crippen molar-refractivity contribution in [1.29, 1.82) is 0 Å². The van der Waals surface area contributed by atoms with Gasteiger partial charge in [0.05, 0.1) is 0 Å². The Hall–Kier alpha value is 0. The lowest BCUT2D eigenvalue weighted by Gasteiger charge is -2.10. The molecule has 7 heavy (non-hydrogen) atoms. The first-order chi connectivity index (χ1) is 6.69. The first-order valence-corrected chi connectivity index (χ1v) is 2.19. The van der Waals surface area contributed by atoms with Crippen LogP contribution in [0.3, 0.4) is 0 Å². The molecule has 0 bridgehead atoms. The second-order valence-electron chi connectivity index (χ2n) is 1.69. The van der Waals surface area contributed by atoms with Crippen LogP contribution in [0.2, 0.25) is 0 Å². The van der Waals surface area contributed by atoms with Crippen LogP contribution in [0, 0.1) is 11.8 Å². The minimum Gasteiger partial charge on any atom is -0.0651 e. The zero-order chi connectivity index (χ0) is 13.6. The van der Waals surface area contributed by atoms with E-state index in [1.54, 1.807) is 0 Å². The molecule has 0 amide bonds. The molecule has 0 radical (unpaired) electrons. The van der Waals surface area contributed by atoms with Crippen LogP contribution in [0.15, 0.2) is 0 Å². The molecule has 0 rings (SSSR count). The molecule has 0 N–H and O–H groups in total. The quantitative estimate of drug-likeness (QED) is 0.511. The van der Waals surface area contributed by atoms with Crippen molar-refractivity contribution in [2.45, 2.75) is 33.9 Å². The summed E-state index contributed by atoms with van der Waals surface area (Å²) >= 11 is 0. The van der Waals surface area contributed by atoms with Crippen molar-refractivity contribution in [2.24, 2.45) is 11.8 Å². The third kappa shape index (κ3) is 2.67. The van der Waals surface area contributed by atoms with Gasteiger partial charge < -0.3 is 0 Å². The molecule has 0 nitrogen and oxygen atoms in total. The van der Waals surface area contributed by atoms with Gasteiger partial charge in [-0.05, 0) is 11.8 Å². The molecule has 0 aliphatic carbocycles. The Bertz CT molecular complexity index is 248. The molecule has 0 aromatic carbocycles. The molecule has 44 valence electrons. The summed E-state index contributed by atoms with van der Waals surface area (Å²) in [5.74, 6) is -3.61. The molecule has 0 fully saturated rings. The SMILES string of the molecule is [2H]C([2H])([2H])C([2H])([2H])[C@@]([2H])(C(C)C)C([2H])([2H])[2H]. The largest absolute Gasteiger partial charge is 0.0651 e. The first-order valence-electron chi connectivity index (χ1n) is 6.69. The van der Waals surface area contributed by atoms with Crippen molar-refractivity contribution in [3.05, 3.63) is 0 Å². The van der Waals surface area contributed by atoms with Gasteiger partial charge >= 0.3 is 0 Å². The molecule has 0 saturated carbocycles. The minimum atomic E-state index is -3.15. The molecule has 0 aliphatic heterocycles. The van der Waals surface area contributed by atoms with Gasteiger partial charge in [-0.3, -0.25) is 0 Å². The van der Waals surface area contributed by atoms with E-state index in [1.807, 2.05) is 0 Å². The molecule has 0 aromatic heterocycles. The summed E-state index contributed by atoms with van der Waals surface area (Å²) in [5, 5.41) is 0.